The van der Waals surface area contributed by atoms with Crippen LogP contribution >= 0.6 is 0 Å². The Bertz CT molecular complexity index is 610. The predicted octanol–water partition coefficient (Wildman–Crippen LogP) is 0.809. The molecule has 2 amide bonds. The highest BCUT2D eigenvalue weighted by molar-refractivity contribution is 5.98. The Morgan fingerprint density at radius 3 is 2.57 bits per heavy atom. The Balaban J connectivity index is 2.15. The maximum Gasteiger partial charge on any atom is 0.328 e. The number of amides is 2. The molecule has 0 bridgehead atoms. The number of carbonyl (C=O) groups excluding carboxylic acids is 2. The Morgan fingerprint density at radius 2 is 2.00 bits per heavy atom. The van der Waals surface area contributed by atoms with E-state index in [0.717, 1.165) is 17.0 Å². The van der Waals surface area contributed by atoms with Gasteiger partial charge in [-0.2, -0.15) is 0 Å². The maximum absolute atomic E-state index is 13.9. The molecule has 0 radical (unpaired) electrons. The fourth-order valence-electron chi connectivity index (χ4n) is 1.83. The van der Waals surface area contributed by atoms with Gasteiger partial charge < -0.3 is 9.84 Å². The van der Waals surface area contributed by atoms with Gasteiger partial charge in [0.1, 0.15) is 19.0 Å². The van der Waals surface area contributed by atoms with E-state index in [0.29, 0.717) is 5.56 Å². The number of carboxylic acids is 1. The van der Waals surface area contributed by atoms with Crippen LogP contribution in [0.4, 0.5) is 4.39 Å². The van der Waals surface area contributed by atoms with Crippen molar-refractivity contribution >= 4 is 23.9 Å². The average Bonchev–Trinajstić information content (AvgIpc) is 2.42. The Labute approximate surface area is 119 Å². The summed E-state index contributed by atoms with van der Waals surface area (Å²) < 4.78 is 18.7. The average molecular weight is 293 g/mol. The summed E-state index contributed by atoms with van der Waals surface area (Å²) in [5, 5.41) is 8.50. The van der Waals surface area contributed by atoms with Crippen molar-refractivity contribution in [3.05, 3.63) is 41.2 Å². The molecule has 0 saturated carbocycles. The van der Waals surface area contributed by atoms with E-state index >= 15 is 0 Å². The fourth-order valence-corrected chi connectivity index (χ4v) is 1.83. The van der Waals surface area contributed by atoms with Gasteiger partial charge in [-0.3, -0.25) is 14.5 Å². The summed E-state index contributed by atoms with van der Waals surface area (Å²) in [6.45, 7) is -0.574. The molecule has 6 nitrogen and oxygen atoms in total. The van der Waals surface area contributed by atoms with Gasteiger partial charge in [0.25, 0.3) is 11.8 Å². The van der Waals surface area contributed by atoms with Gasteiger partial charge in [0.15, 0.2) is 0 Å². The Hall–Kier alpha value is -2.54. The van der Waals surface area contributed by atoms with E-state index in [1.807, 2.05) is 0 Å². The lowest BCUT2D eigenvalue weighted by Gasteiger charge is -2.25. The highest BCUT2D eigenvalue weighted by atomic mass is 19.1. The molecule has 1 aromatic carbocycles. The van der Waals surface area contributed by atoms with E-state index in [4.69, 9.17) is 9.84 Å². The van der Waals surface area contributed by atoms with Gasteiger partial charge in [-0.25, -0.2) is 9.18 Å². The number of hydrogen-bond donors (Lipinski definition) is 1. The SMILES string of the molecule is O=C(O)C=Cc1ccc(CN2C(=O)COCC2=O)c(F)c1. The first-order valence-corrected chi connectivity index (χ1v) is 6.08. The number of benzene rings is 1. The zero-order chi connectivity index (χ0) is 15.4. The van der Waals surface area contributed by atoms with Gasteiger partial charge in [-0.15, -0.1) is 0 Å². The first kappa shape index (κ1) is 14.9. The highest BCUT2D eigenvalue weighted by Gasteiger charge is 2.27. The molecule has 1 N–H and O–H groups in total. The second-order valence-corrected chi connectivity index (χ2v) is 4.39. The van der Waals surface area contributed by atoms with Gasteiger partial charge in [0.05, 0.1) is 6.54 Å². The summed E-state index contributed by atoms with van der Waals surface area (Å²) in [6, 6.07) is 4.06. The number of rotatable bonds is 4. The molecular weight excluding hydrogens is 281 g/mol. The van der Waals surface area contributed by atoms with E-state index in [1.165, 1.54) is 18.2 Å². The van der Waals surface area contributed by atoms with Crippen molar-refractivity contribution in [1.29, 1.82) is 0 Å². The summed E-state index contributed by atoms with van der Waals surface area (Å²) in [6.07, 6.45) is 2.14. The molecule has 1 fully saturated rings. The van der Waals surface area contributed by atoms with Crippen molar-refractivity contribution in [1.82, 2.24) is 4.90 Å². The van der Waals surface area contributed by atoms with Crippen LogP contribution in [0.25, 0.3) is 6.08 Å². The standard InChI is InChI=1S/C14H12FNO5/c15-11-5-9(2-4-14(19)20)1-3-10(11)6-16-12(17)7-21-8-13(16)18/h1-5H,6-8H2,(H,19,20). The lowest BCUT2D eigenvalue weighted by Crippen LogP contribution is -2.45. The minimum absolute atomic E-state index is 0.171. The summed E-state index contributed by atoms with van der Waals surface area (Å²) >= 11 is 0. The minimum atomic E-state index is -1.14. The third-order valence-electron chi connectivity index (χ3n) is 2.88. The molecule has 0 spiro atoms. The lowest BCUT2D eigenvalue weighted by molar-refractivity contribution is -0.159. The normalized spacial score (nSPS) is 15.8. The van der Waals surface area contributed by atoms with E-state index in [2.05, 4.69) is 0 Å². The van der Waals surface area contributed by atoms with Crippen LogP contribution in [0.5, 0.6) is 0 Å². The van der Waals surface area contributed by atoms with E-state index in [1.54, 1.807) is 0 Å². The first-order chi connectivity index (χ1) is 9.97. The van der Waals surface area contributed by atoms with Crippen LogP contribution in [0.1, 0.15) is 11.1 Å². The molecule has 1 aromatic rings. The van der Waals surface area contributed by atoms with Gasteiger partial charge in [-0.05, 0) is 17.7 Å². The molecule has 21 heavy (non-hydrogen) atoms. The van der Waals surface area contributed by atoms with Gasteiger partial charge >= 0.3 is 5.97 Å². The highest BCUT2D eigenvalue weighted by Crippen LogP contribution is 2.15. The molecule has 110 valence electrons. The number of hydrogen-bond acceptors (Lipinski definition) is 4. The zero-order valence-electron chi connectivity index (χ0n) is 10.9. The number of ether oxygens (including phenoxy) is 1. The second-order valence-electron chi connectivity index (χ2n) is 4.39. The Morgan fingerprint density at radius 1 is 1.33 bits per heavy atom. The molecule has 0 aromatic heterocycles. The van der Waals surface area contributed by atoms with Crippen molar-refractivity contribution < 1.29 is 28.6 Å². The molecule has 7 heteroatoms. The summed E-state index contributed by atoms with van der Waals surface area (Å²) in [5.74, 6) is -2.78. The van der Waals surface area contributed by atoms with E-state index in [9.17, 15) is 18.8 Å². The van der Waals surface area contributed by atoms with Crippen LogP contribution in [-0.2, 0) is 25.7 Å². The number of nitrogens with zero attached hydrogens (tertiary/aromatic N) is 1. The smallest absolute Gasteiger partial charge is 0.328 e. The van der Waals surface area contributed by atoms with Crippen LogP contribution in [-0.4, -0.2) is 41.0 Å². The minimum Gasteiger partial charge on any atom is -0.478 e. The molecular formula is C14H12FNO5. The second kappa shape index (κ2) is 6.27. The Kier molecular flexibility index (Phi) is 4.44. The fraction of sp³-hybridized carbons (Fsp3) is 0.214. The van der Waals surface area contributed by atoms with Crippen LogP contribution in [0.15, 0.2) is 24.3 Å². The molecule has 0 aliphatic carbocycles. The third-order valence-corrected chi connectivity index (χ3v) is 2.88. The summed E-state index contributed by atoms with van der Waals surface area (Å²) in [4.78, 5) is 34.4. The molecule has 0 atom stereocenters. The number of morpholine rings is 1. The predicted molar refractivity (Wildman–Crippen MR) is 69.4 cm³/mol. The topological polar surface area (TPSA) is 83.9 Å². The monoisotopic (exact) mass is 293 g/mol. The van der Waals surface area contributed by atoms with Gasteiger partial charge in [-0.1, -0.05) is 12.1 Å². The van der Waals surface area contributed by atoms with Crippen LogP contribution in [0.3, 0.4) is 0 Å². The van der Waals surface area contributed by atoms with Crippen molar-refractivity contribution in [2.24, 2.45) is 0 Å². The number of aliphatic carboxylic acids is 1. The molecule has 2 rings (SSSR count). The van der Waals surface area contributed by atoms with Crippen molar-refractivity contribution in [3.8, 4) is 0 Å². The summed E-state index contributed by atoms with van der Waals surface area (Å²) in [5.41, 5.74) is 0.546. The van der Waals surface area contributed by atoms with Crippen LogP contribution in [0, 0.1) is 5.82 Å². The lowest BCUT2D eigenvalue weighted by atomic mass is 10.1. The zero-order valence-corrected chi connectivity index (χ0v) is 10.9. The molecule has 1 aliphatic rings. The van der Waals surface area contributed by atoms with Crippen molar-refractivity contribution in [3.63, 3.8) is 0 Å². The maximum atomic E-state index is 13.9. The van der Waals surface area contributed by atoms with E-state index in [-0.39, 0.29) is 25.3 Å². The summed E-state index contributed by atoms with van der Waals surface area (Å²) in [7, 11) is 0. The molecule has 1 heterocycles. The molecule has 1 saturated heterocycles. The largest absolute Gasteiger partial charge is 0.478 e. The first-order valence-electron chi connectivity index (χ1n) is 6.08. The number of carbonyl (C=O) groups is 3. The van der Waals surface area contributed by atoms with Crippen LogP contribution in [0.2, 0.25) is 0 Å². The number of carboxylic acid groups (broad SMARTS) is 1. The molecule has 1 aliphatic heterocycles. The van der Waals surface area contributed by atoms with Crippen molar-refractivity contribution in [2.75, 3.05) is 13.2 Å². The third kappa shape index (κ3) is 3.73. The van der Waals surface area contributed by atoms with Crippen LogP contribution < -0.4 is 0 Å². The van der Waals surface area contributed by atoms with Crippen molar-refractivity contribution in [2.45, 2.75) is 6.54 Å². The van der Waals surface area contributed by atoms with E-state index < -0.39 is 23.6 Å². The van der Waals surface area contributed by atoms with Gasteiger partial charge in [0.2, 0.25) is 0 Å². The quantitative estimate of drug-likeness (QED) is 0.656. The number of halogens is 1. The van der Waals surface area contributed by atoms with Gasteiger partial charge in [0, 0.05) is 11.6 Å². The number of imide groups is 1. The molecule has 0 unspecified atom stereocenters.